The number of carbonyl (C=O) groups excluding carboxylic acids is 1. The minimum atomic E-state index is 0.245. The van der Waals surface area contributed by atoms with Crippen LogP contribution in [-0.4, -0.2) is 87.1 Å². The molecule has 0 atom stereocenters. The molecule has 0 bridgehead atoms. The lowest BCUT2D eigenvalue weighted by Gasteiger charge is -2.47. The van der Waals surface area contributed by atoms with Crippen molar-refractivity contribution in [2.75, 3.05) is 65.8 Å². The lowest BCUT2D eigenvalue weighted by atomic mass is 9.85. The van der Waals surface area contributed by atoms with Gasteiger partial charge in [0.1, 0.15) is 0 Å². The maximum absolute atomic E-state index is 12.8. The summed E-state index contributed by atoms with van der Waals surface area (Å²) in [5.74, 6) is 0.266. The molecule has 1 amide bonds. The largest absolute Gasteiger partial charge is 0.378 e. The number of likely N-dealkylation sites (N-methyl/N-ethyl adjacent to an activating group) is 2. The molecular formula is C21H34N4O. The van der Waals surface area contributed by atoms with Crippen LogP contribution in [0.1, 0.15) is 24.8 Å². The monoisotopic (exact) mass is 358 g/mol. The number of nitrogens with zero attached hydrogens (tertiary/aromatic N) is 4. The Bertz CT molecular complexity index is 605. The molecule has 5 heteroatoms. The number of hydrogen-bond acceptors (Lipinski definition) is 4. The van der Waals surface area contributed by atoms with Crippen molar-refractivity contribution in [3.63, 3.8) is 0 Å². The summed E-state index contributed by atoms with van der Waals surface area (Å²) in [7, 11) is 8.57. The Hall–Kier alpha value is -1.59. The van der Waals surface area contributed by atoms with Crippen LogP contribution in [0.25, 0.3) is 0 Å². The summed E-state index contributed by atoms with van der Waals surface area (Å²) >= 11 is 0. The lowest BCUT2D eigenvalue weighted by Crippen LogP contribution is -2.58. The summed E-state index contributed by atoms with van der Waals surface area (Å²) in [6.07, 6.45) is 3.91. The molecule has 5 nitrogen and oxygen atoms in total. The molecule has 144 valence electrons. The van der Waals surface area contributed by atoms with Crippen LogP contribution in [0.4, 0.5) is 5.69 Å². The molecule has 0 N–H and O–H groups in total. The van der Waals surface area contributed by atoms with Crippen LogP contribution in [0.15, 0.2) is 24.3 Å². The van der Waals surface area contributed by atoms with E-state index in [0.29, 0.717) is 6.42 Å². The Morgan fingerprint density at radius 2 is 1.69 bits per heavy atom. The van der Waals surface area contributed by atoms with Crippen molar-refractivity contribution >= 4 is 11.6 Å². The molecule has 2 saturated heterocycles. The summed E-state index contributed by atoms with van der Waals surface area (Å²) in [5, 5.41) is 0. The second-order valence-electron chi connectivity index (χ2n) is 8.36. The van der Waals surface area contributed by atoms with Gasteiger partial charge in [-0.1, -0.05) is 12.1 Å². The van der Waals surface area contributed by atoms with E-state index in [0.717, 1.165) is 44.6 Å². The van der Waals surface area contributed by atoms with E-state index in [2.05, 4.69) is 58.0 Å². The topological polar surface area (TPSA) is 30.0 Å². The normalized spacial score (nSPS) is 21.6. The number of rotatable bonds is 3. The molecule has 0 unspecified atom stereocenters. The third-order valence-electron chi connectivity index (χ3n) is 6.26. The van der Waals surface area contributed by atoms with E-state index in [1.165, 1.54) is 18.7 Å². The summed E-state index contributed by atoms with van der Waals surface area (Å²) in [5.41, 5.74) is 2.52. The van der Waals surface area contributed by atoms with E-state index < -0.39 is 0 Å². The van der Waals surface area contributed by atoms with Crippen LogP contribution in [-0.2, 0) is 11.2 Å². The van der Waals surface area contributed by atoms with Crippen molar-refractivity contribution < 1.29 is 4.79 Å². The fourth-order valence-corrected chi connectivity index (χ4v) is 4.43. The zero-order chi connectivity index (χ0) is 18.7. The Labute approximate surface area is 158 Å². The molecule has 2 heterocycles. The van der Waals surface area contributed by atoms with Crippen molar-refractivity contribution in [1.29, 1.82) is 0 Å². The van der Waals surface area contributed by atoms with E-state index in [4.69, 9.17) is 0 Å². The van der Waals surface area contributed by atoms with Crippen molar-refractivity contribution in [3.8, 4) is 0 Å². The van der Waals surface area contributed by atoms with Crippen LogP contribution in [0.3, 0.4) is 0 Å². The molecule has 2 fully saturated rings. The van der Waals surface area contributed by atoms with E-state index >= 15 is 0 Å². The number of hydrogen-bond donors (Lipinski definition) is 0. The molecular weight excluding hydrogens is 324 g/mol. The van der Waals surface area contributed by atoms with Gasteiger partial charge in [0, 0.05) is 45.0 Å². The summed E-state index contributed by atoms with van der Waals surface area (Å²) < 4.78 is 0. The Kier molecular flexibility index (Phi) is 5.88. The number of anilines is 1. The molecule has 0 aliphatic carbocycles. The first-order valence-electron chi connectivity index (χ1n) is 9.83. The fourth-order valence-electron chi connectivity index (χ4n) is 4.43. The van der Waals surface area contributed by atoms with E-state index in [-0.39, 0.29) is 11.4 Å². The molecule has 2 aliphatic heterocycles. The molecule has 0 radical (unpaired) electrons. The minimum absolute atomic E-state index is 0.245. The Morgan fingerprint density at radius 1 is 1.04 bits per heavy atom. The number of carbonyl (C=O) groups is 1. The molecule has 3 rings (SSSR count). The Morgan fingerprint density at radius 3 is 2.31 bits per heavy atom. The third-order valence-corrected chi connectivity index (χ3v) is 6.26. The standard InChI is InChI=1S/C21H34N4O/c1-22(2)19-8-6-18(7-9-19)16-20(26)25-14-10-21(11-15-25)17-23(3)12-5-13-24(21)4/h6-9H,5,10-17H2,1-4H3. The van der Waals surface area contributed by atoms with Gasteiger partial charge in [-0.3, -0.25) is 9.69 Å². The van der Waals surface area contributed by atoms with Gasteiger partial charge < -0.3 is 14.7 Å². The number of benzene rings is 1. The molecule has 26 heavy (non-hydrogen) atoms. The lowest BCUT2D eigenvalue weighted by molar-refractivity contribution is -0.133. The predicted molar refractivity (Wildman–Crippen MR) is 108 cm³/mol. The van der Waals surface area contributed by atoms with Gasteiger partial charge in [0.2, 0.25) is 5.91 Å². The van der Waals surface area contributed by atoms with Gasteiger partial charge in [-0.25, -0.2) is 0 Å². The number of likely N-dealkylation sites (tertiary alicyclic amines) is 1. The first-order valence-corrected chi connectivity index (χ1v) is 9.83. The smallest absolute Gasteiger partial charge is 0.226 e. The highest BCUT2D eigenvalue weighted by molar-refractivity contribution is 5.79. The maximum atomic E-state index is 12.8. The SMILES string of the molecule is CN1CCCN(C)C2(CCN(C(=O)Cc3ccc(N(C)C)cc3)CC2)C1. The zero-order valence-corrected chi connectivity index (χ0v) is 16.9. The van der Waals surface area contributed by atoms with Gasteiger partial charge >= 0.3 is 0 Å². The second kappa shape index (κ2) is 7.97. The van der Waals surface area contributed by atoms with Crippen LogP contribution in [0, 0.1) is 0 Å². The van der Waals surface area contributed by atoms with Crippen molar-refractivity contribution in [2.24, 2.45) is 0 Å². The summed E-state index contributed by atoms with van der Waals surface area (Å²) in [6.45, 7) is 5.23. The van der Waals surface area contributed by atoms with Gasteiger partial charge in [-0.2, -0.15) is 0 Å². The molecule has 0 saturated carbocycles. The fraction of sp³-hybridized carbons (Fsp3) is 0.667. The van der Waals surface area contributed by atoms with Crippen LogP contribution in [0.5, 0.6) is 0 Å². The predicted octanol–water partition coefficient (Wildman–Crippen LogP) is 1.92. The van der Waals surface area contributed by atoms with Gasteiger partial charge in [-0.15, -0.1) is 0 Å². The highest BCUT2D eigenvalue weighted by atomic mass is 16.2. The van der Waals surface area contributed by atoms with Gasteiger partial charge in [-0.05, 0) is 64.1 Å². The van der Waals surface area contributed by atoms with Crippen molar-refractivity contribution in [2.45, 2.75) is 31.2 Å². The maximum Gasteiger partial charge on any atom is 0.226 e. The first-order chi connectivity index (χ1) is 12.4. The average Bonchev–Trinajstić information content (AvgIpc) is 2.75. The summed E-state index contributed by atoms with van der Waals surface area (Å²) in [6, 6.07) is 8.33. The van der Waals surface area contributed by atoms with Gasteiger partial charge in [0.15, 0.2) is 0 Å². The van der Waals surface area contributed by atoms with Gasteiger partial charge in [0.05, 0.1) is 6.42 Å². The first kappa shape index (κ1) is 19.2. The zero-order valence-electron chi connectivity index (χ0n) is 16.9. The quantitative estimate of drug-likeness (QED) is 0.826. The second-order valence-corrected chi connectivity index (χ2v) is 8.36. The van der Waals surface area contributed by atoms with Gasteiger partial charge in [0.25, 0.3) is 0 Å². The minimum Gasteiger partial charge on any atom is -0.378 e. The highest BCUT2D eigenvalue weighted by Crippen LogP contribution is 2.31. The molecule has 2 aliphatic rings. The van der Waals surface area contributed by atoms with Crippen molar-refractivity contribution in [3.05, 3.63) is 29.8 Å². The average molecular weight is 359 g/mol. The van der Waals surface area contributed by atoms with Crippen LogP contribution < -0.4 is 4.90 Å². The van der Waals surface area contributed by atoms with E-state index in [1.807, 2.05) is 14.1 Å². The third kappa shape index (κ3) is 4.21. The highest BCUT2D eigenvalue weighted by Gasteiger charge is 2.40. The molecule has 1 aromatic carbocycles. The Balaban J connectivity index is 1.57. The van der Waals surface area contributed by atoms with Crippen molar-refractivity contribution in [1.82, 2.24) is 14.7 Å². The van der Waals surface area contributed by atoms with Crippen LogP contribution >= 0.6 is 0 Å². The number of piperidine rings is 1. The van der Waals surface area contributed by atoms with E-state index in [1.54, 1.807) is 0 Å². The number of amides is 1. The van der Waals surface area contributed by atoms with Crippen LogP contribution in [0.2, 0.25) is 0 Å². The van der Waals surface area contributed by atoms with E-state index in [9.17, 15) is 4.79 Å². The molecule has 1 aromatic rings. The summed E-state index contributed by atoms with van der Waals surface area (Å²) in [4.78, 5) is 21.9. The molecule has 0 aromatic heterocycles. The molecule has 1 spiro atoms.